The minimum atomic E-state index is -0.635. The molecule has 0 aromatic heterocycles. The minimum absolute atomic E-state index is 0.0746. The van der Waals surface area contributed by atoms with Gasteiger partial charge >= 0.3 is 0 Å². The Labute approximate surface area is 204 Å². The molecule has 3 amide bonds. The molecule has 2 aromatic carbocycles. The van der Waals surface area contributed by atoms with Crippen LogP contribution >= 0.6 is 23.5 Å². The van der Waals surface area contributed by atoms with E-state index in [0.717, 1.165) is 33.4 Å². The van der Waals surface area contributed by atoms with Crippen LogP contribution in [0.5, 0.6) is 0 Å². The van der Waals surface area contributed by atoms with Crippen molar-refractivity contribution in [2.45, 2.75) is 25.7 Å². The molecule has 0 atom stereocenters. The number of hydrogen-bond acceptors (Lipinski definition) is 8. The van der Waals surface area contributed by atoms with Crippen molar-refractivity contribution in [3.05, 3.63) is 67.6 Å². The Bertz CT molecular complexity index is 1190. The summed E-state index contributed by atoms with van der Waals surface area (Å²) < 4.78 is 0. The van der Waals surface area contributed by atoms with Crippen molar-refractivity contribution in [1.29, 1.82) is 0 Å². The number of nitro groups is 1. The second-order valence-corrected chi connectivity index (χ2v) is 9.78. The van der Waals surface area contributed by atoms with E-state index >= 15 is 0 Å². The Morgan fingerprint density at radius 2 is 1.88 bits per heavy atom. The van der Waals surface area contributed by atoms with Crippen molar-refractivity contribution in [3.8, 4) is 0 Å². The van der Waals surface area contributed by atoms with Gasteiger partial charge in [-0.15, -0.1) is 11.8 Å². The number of nitrogens with zero attached hydrogens (tertiary/aromatic N) is 2. The van der Waals surface area contributed by atoms with Gasteiger partial charge in [0.15, 0.2) is 0 Å². The Hall–Kier alpha value is -3.15. The summed E-state index contributed by atoms with van der Waals surface area (Å²) in [4.78, 5) is 50.0. The maximum atomic E-state index is 12.8. The SMILES string of the molecule is Cc1cc(C)c(NC(=O)CN2C(=O)S/C(=C\c3ccc(SCCO)c([N+](=O)[O-])c3)C2=O)c(C)c1. The highest BCUT2D eigenvalue weighted by molar-refractivity contribution is 8.18. The molecule has 178 valence electrons. The Morgan fingerprint density at radius 3 is 2.50 bits per heavy atom. The second kappa shape index (κ2) is 10.9. The molecule has 0 aliphatic carbocycles. The van der Waals surface area contributed by atoms with E-state index in [4.69, 9.17) is 5.11 Å². The van der Waals surface area contributed by atoms with E-state index in [9.17, 15) is 24.5 Å². The number of imide groups is 1. The van der Waals surface area contributed by atoms with Crippen LogP contribution in [0.4, 0.5) is 16.2 Å². The summed E-state index contributed by atoms with van der Waals surface area (Å²) in [6.45, 7) is 5.13. The zero-order valence-corrected chi connectivity index (χ0v) is 20.4. The van der Waals surface area contributed by atoms with Crippen molar-refractivity contribution in [1.82, 2.24) is 4.90 Å². The van der Waals surface area contributed by atoms with Gasteiger partial charge in [-0.2, -0.15) is 0 Å². The summed E-state index contributed by atoms with van der Waals surface area (Å²) in [5.41, 5.74) is 3.67. The number of rotatable bonds is 8. The highest BCUT2D eigenvalue weighted by Gasteiger charge is 2.36. The molecule has 1 fully saturated rings. The third kappa shape index (κ3) is 5.85. The fourth-order valence-electron chi connectivity index (χ4n) is 3.53. The average molecular weight is 502 g/mol. The third-order valence-corrected chi connectivity index (χ3v) is 6.89. The van der Waals surface area contributed by atoms with E-state index in [1.54, 1.807) is 6.07 Å². The molecular weight excluding hydrogens is 478 g/mol. The van der Waals surface area contributed by atoms with Gasteiger partial charge in [0.2, 0.25) is 5.91 Å². The lowest BCUT2D eigenvalue weighted by atomic mass is 10.1. The lowest BCUT2D eigenvalue weighted by molar-refractivity contribution is -0.387. The number of nitrogens with one attached hydrogen (secondary N) is 1. The van der Waals surface area contributed by atoms with Crippen LogP contribution in [0, 0.1) is 30.9 Å². The zero-order valence-electron chi connectivity index (χ0n) is 18.8. The number of thioether (sulfide) groups is 2. The largest absolute Gasteiger partial charge is 0.396 e. The van der Waals surface area contributed by atoms with E-state index in [-0.39, 0.29) is 17.2 Å². The molecule has 1 heterocycles. The number of nitro benzene ring substituents is 1. The number of hydrogen-bond donors (Lipinski definition) is 2. The number of anilines is 1. The van der Waals surface area contributed by atoms with Crippen LogP contribution in [0.1, 0.15) is 22.3 Å². The number of aliphatic hydroxyl groups excluding tert-OH is 1. The first kappa shape index (κ1) is 25.5. The molecule has 0 saturated carbocycles. The summed E-state index contributed by atoms with van der Waals surface area (Å²) in [5, 5.41) is 22.6. The van der Waals surface area contributed by atoms with Crippen LogP contribution < -0.4 is 5.32 Å². The first-order valence-corrected chi connectivity index (χ1v) is 12.1. The van der Waals surface area contributed by atoms with Gasteiger partial charge in [-0.3, -0.25) is 29.4 Å². The third-order valence-electron chi connectivity index (χ3n) is 4.94. The highest BCUT2D eigenvalue weighted by atomic mass is 32.2. The van der Waals surface area contributed by atoms with Crippen LogP contribution in [0.15, 0.2) is 40.1 Å². The van der Waals surface area contributed by atoms with Crippen LogP contribution in [0.3, 0.4) is 0 Å². The van der Waals surface area contributed by atoms with Crippen LogP contribution in [0.2, 0.25) is 0 Å². The fourth-order valence-corrected chi connectivity index (χ4v) is 5.13. The second-order valence-electron chi connectivity index (χ2n) is 7.65. The van der Waals surface area contributed by atoms with Gasteiger partial charge in [0.25, 0.3) is 16.8 Å². The number of aryl methyl sites for hydroxylation is 3. The molecule has 0 spiro atoms. The van der Waals surface area contributed by atoms with Crippen molar-refractivity contribution in [3.63, 3.8) is 0 Å². The number of carbonyl (C=O) groups excluding carboxylic acids is 3. The summed E-state index contributed by atoms with van der Waals surface area (Å²) in [5.74, 6) is -0.827. The number of benzene rings is 2. The topological polar surface area (TPSA) is 130 Å². The van der Waals surface area contributed by atoms with Gasteiger partial charge in [-0.25, -0.2) is 0 Å². The van der Waals surface area contributed by atoms with Gasteiger partial charge in [-0.05, 0) is 61.4 Å². The summed E-state index contributed by atoms with van der Waals surface area (Å²) in [6.07, 6.45) is 1.39. The molecule has 0 radical (unpaired) electrons. The predicted octanol–water partition coefficient (Wildman–Crippen LogP) is 4.28. The molecule has 0 unspecified atom stereocenters. The average Bonchev–Trinajstić information content (AvgIpc) is 3.02. The summed E-state index contributed by atoms with van der Waals surface area (Å²) in [6, 6.07) is 8.30. The molecule has 2 aromatic rings. The molecule has 1 aliphatic rings. The molecule has 2 N–H and O–H groups in total. The molecule has 34 heavy (non-hydrogen) atoms. The number of amides is 3. The standard InChI is InChI=1S/C23H23N3O6S2/c1-13-8-14(2)21(15(3)9-13)24-20(28)12-25-22(29)19(34-23(25)30)11-16-4-5-18(33-7-6-27)17(10-16)26(31)32/h4-5,8-11,27H,6-7,12H2,1-3H3,(H,24,28)/b19-11-. The first-order chi connectivity index (χ1) is 16.1. The van der Waals surface area contributed by atoms with Crippen molar-refractivity contribution in [2.75, 3.05) is 24.2 Å². The van der Waals surface area contributed by atoms with E-state index in [0.29, 0.717) is 33.7 Å². The molecule has 1 aliphatic heterocycles. The fraction of sp³-hybridized carbons (Fsp3) is 0.261. The van der Waals surface area contributed by atoms with Crippen LogP contribution in [-0.4, -0.2) is 50.9 Å². The van der Waals surface area contributed by atoms with Crippen molar-refractivity contribution >= 4 is 58.0 Å². The Balaban J connectivity index is 1.76. The maximum absolute atomic E-state index is 12.8. The van der Waals surface area contributed by atoms with Gasteiger partial charge in [0, 0.05) is 17.5 Å². The predicted molar refractivity (Wildman–Crippen MR) is 133 cm³/mol. The first-order valence-electron chi connectivity index (χ1n) is 10.3. The Kier molecular flexibility index (Phi) is 8.13. The molecule has 3 rings (SSSR count). The van der Waals surface area contributed by atoms with Gasteiger partial charge in [-0.1, -0.05) is 23.8 Å². The highest BCUT2D eigenvalue weighted by Crippen LogP contribution is 2.35. The molecule has 0 bridgehead atoms. The maximum Gasteiger partial charge on any atom is 0.294 e. The summed E-state index contributed by atoms with van der Waals surface area (Å²) in [7, 11) is 0. The zero-order chi connectivity index (χ0) is 25.0. The lowest BCUT2D eigenvalue weighted by Crippen LogP contribution is -2.36. The molecule has 11 heteroatoms. The van der Waals surface area contributed by atoms with Crippen molar-refractivity contribution in [2.24, 2.45) is 0 Å². The van der Waals surface area contributed by atoms with E-state index < -0.39 is 28.5 Å². The Morgan fingerprint density at radius 1 is 1.21 bits per heavy atom. The monoisotopic (exact) mass is 501 g/mol. The minimum Gasteiger partial charge on any atom is -0.396 e. The van der Waals surface area contributed by atoms with Crippen LogP contribution in [0.25, 0.3) is 6.08 Å². The van der Waals surface area contributed by atoms with E-state index in [1.807, 2.05) is 32.9 Å². The number of aliphatic hydroxyl groups is 1. The lowest BCUT2D eigenvalue weighted by Gasteiger charge is -2.15. The normalized spacial score (nSPS) is 14.7. The van der Waals surface area contributed by atoms with Gasteiger partial charge < -0.3 is 10.4 Å². The van der Waals surface area contributed by atoms with Gasteiger partial charge in [0.05, 0.1) is 21.3 Å². The smallest absolute Gasteiger partial charge is 0.294 e. The quantitative estimate of drug-likeness (QED) is 0.237. The van der Waals surface area contributed by atoms with E-state index in [1.165, 1.54) is 18.2 Å². The summed E-state index contributed by atoms with van der Waals surface area (Å²) >= 11 is 1.82. The number of carbonyl (C=O) groups is 3. The van der Waals surface area contributed by atoms with E-state index in [2.05, 4.69) is 5.32 Å². The van der Waals surface area contributed by atoms with Crippen LogP contribution in [-0.2, 0) is 9.59 Å². The molecule has 1 saturated heterocycles. The molecular formula is C23H23N3O6S2. The molecule has 9 nitrogen and oxygen atoms in total. The van der Waals surface area contributed by atoms with Crippen molar-refractivity contribution < 1.29 is 24.4 Å². The van der Waals surface area contributed by atoms with Gasteiger partial charge in [0.1, 0.15) is 6.54 Å².